The predicted octanol–water partition coefficient (Wildman–Crippen LogP) is 6.37. The minimum atomic E-state index is 0.831. The van der Waals surface area contributed by atoms with Gasteiger partial charge in [-0.2, -0.15) is 0 Å². The Hall–Kier alpha value is -1.83. The van der Waals surface area contributed by atoms with Gasteiger partial charge in [0.2, 0.25) is 0 Å². The Morgan fingerprint density at radius 3 is 2.15 bits per heavy atom. The molecule has 20 heavy (non-hydrogen) atoms. The molecule has 1 aromatic heterocycles. The van der Waals surface area contributed by atoms with Crippen LogP contribution in [-0.2, 0) is 0 Å². The normalized spacial score (nSPS) is 11.2. The molecule has 0 saturated heterocycles. The second-order valence-electron chi connectivity index (χ2n) is 4.76. The first-order valence-corrected chi connectivity index (χ1v) is 7.69. The fourth-order valence-electron chi connectivity index (χ4n) is 2.68. The average molecular weight is 295 g/mol. The SMILES string of the molecule is Clc1cccc2sc3cccc(-c4ccccc4)c3c12. The second-order valence-corrected chi connectivity index (χ2v) is 6.25. The summed E-state index contributed by atoms with van der Waals surface area (Å²) in [7, 11) is 0. The van der Waals surface area contributed by atoms with E-state index in [-0.39, 0.29) is 0 Å². The molecule has 3 aromatic carbocycles. The van der Waals surface area contributed by atoms with Gasteiger partial charge in [0.15, 0.2) is 0 Å². The van der Waals surface area contributed by atoms with Gasteiger partial charge in [0.05, 0.1) is 0 Å². The van der Waals surface area contributed by atoms with Gasteiger partial charge in [0.25, 0.3) is 0 Å². The van der Waals surface area contributed by atoms with Crippen LogP contribution in [0.2, 0.25) is 5.02 Å². The van der Waals surface area contributed by atoms with E-state index in [1.54, 1.807) is 11.3 Å². The number of benzene rings is 3. The van der Waals surface area contributed by atoms with Crippen molar-refractivity contribution < 1.29 is 0 Å². The maximum absolute atomic E-state index is 6.44. The Morgan fingerprint density at radius 2 is 1.35 bits per heavy atom. The largest absolute Gasteiger partial charge is 0.135 e. The van der Waals surface area contributed by atoms with Crippen LogP contribution in [0.25, 0.3) is 31.3 Å². The van der Waals surface area contributed by atoms with Gasteiger partial charge in [0, 0.05) is 25.2 Å². The Kier molecular flexibility index (Phi) is 2.76. The second kappa shape index (κ2) is 4.62. The van der Waals surface area contributed by atoms with E-state index >= 15 is 0 Å². The van der Waals surface area contributed by atoms with Gasteiger partial charge in [-0.05, 0) is 29.3 Å². The highest BCUT2D eigenvalue weighted by atomic mass is 35.5. The molecule has 0 bridgehead atoms. The first-order chi connectivity index (χ1) is 9.84. The summed E-state index contributed by atoms with van der Waals surface area (Å²) >= 11 is 8.24. The molecule has 0 radical (unpaired) electrons. The van der Waals surface area contributed by atoms with E-state index in [0.29, 0.717) is 0 Å². The monoisotopic (exact) mass is 294 g/mol. The van der Waals surface area contributed by atoms with Crippen LogP contribution >= 0.6 is 22.9 Å². The Bertz CT molecular complexity index is 907. The lowest BCUT2D eigenvalue weighted by Gasteiger charge is -2.05. The highest BCUT2D eigenvalue weighted by Crippen LogP contribution is 2.42. The molecule has 0 aliphatic heterocycles. The van der Waals surface area contributed by atoms with Crippen molar-refractivity contribution in [2.75, 3.05) is 0 Å². The molecule has 0 atom stereocenters. The summed E-state index contributed by atoms with van der Waals surface area (Å²) < 4.78 is 2.53. The van der Waals surface area contributed by atoms with Crippen LogP contribution < -0.4 is 0 Å². The zero-order valence-electron chi connectivity index (χ0n) is 10.6. The highest BCUT2D eigenvalue weighted by molar-refractivity contribution is 7.26. The van der Waals surface area contributed by atoms with Gasteiger partial charge in [0.1, 0.15) is 0 Å². The summed E-state index contributed by atoms with van der Waals surface area (Å²) in [5.41, 5.74) is 2.49. The topological polar surface area (TPSA) is 0 Å². The van der Waals surface area contributed by atoms with Crippen LogP contribution in [-0.4, -0.2) is 0 Å². The van der Waals surface area contributed by atoms with E-state index < -0.39 is 0 Å². The van der Waals surface area contributed by atoms with Crippen molar-refractivity contribution in [2.24, 2.45) is 0 Å². The van der Waals surface area contributed by atoms with E-state index in [1.807, 2.05) is 18.2 Å². The van der Waals surface area contributed by atoms with E-state index in [2.05, 4.69) is 48.5 Å². The van der Waals surface area contributed by atoms with Crippen molar-refractivity contribution >= 4 is 43.1 Å². The molecule has 0 aliphatic rings. The van der Waals surface area contributed by atoms with Crippen molar-refractivity contribution in [3.05, 3.63) is 71.8 Å². The van der Waals surface area contributed by atoms with Crippen LogP contribution in [0.4, 0.5) is 0 Å². The molecule has 0 amide bonds. The first kappa shape index (κ1) is 12.0. The lowest BCUT2D eigenvalue weighted by molar-refractivity contribution is 1.67. The van der Waals surface area contributed by atoms with Crippen LogP contribution in [0.3, 0.4) is 0 Å². The number of fused-ring (bicyclic) bond motifs is 3. The smallest absolute Gasteiger partial charge is 0.0499 e. The van der Waals surface area contributed by atoms with Crippen molar-refractivity contribution in [1.82, 2.24) is 0 Å². The standard InChI is InChI=1S/C18H11ClS/c19-14-9-5-11-16-18(14)17-13(8-4-10-15(17)20-16)12-6-2-1-3-7-12/h1-11H. The lowest BCUT2D eigenvalue weighted by Crippen LogP contribution is -1.79. The Balaban J connectivity index is 2.20. The Morgan fingerprint density at radius 1 is 0.650 bits per heavy atom. The summed E-state index contributed by atoms with van der Waals surface area (Å²) in [6.45, 7) is 0. The molecule has 0 unspecified atom stereocenters. The van der Waals surface area contributed by atoms with E-state index in [4.69, 9.17) is 11.6 Å². The molecule has 0 N–H and O–H groups in total. The summed E-state index contributed by atoms with van der Waals surface area (Å²) in [5, 5.41) is 3.27. The molecular formula is C18H11ClS. The third kappa shape index (κ3) is 1.75. The molecule has 96 valence electrons. The maximum atomic E-state index is 6.44. The van der Waals surface area contributed by atoms with Gasteiger partial charge in [-0.3, -0.25) is 0 Å². The van der Waals surface area contributed by atoms with Crippen LogP contribution in [0.1, 0.15) is 0 Å². The van der Waals surface area contributed by atoms with Gasteiger partial charge in [-0.1, -0.05) is 60.1 Å². The van der Waals surface area contributed by atoms with Crippen LogP contribution in [0.15, 0.2) is 66.7 Å². The summed E-state index contributed by atoms with van der Waals surface area (Å²) in [6, 6.07) is 23.1. The quantitative estimate of drug-likeness (QED) is 0.382. The number of thiophene rings is 1. The highest BCUT2D eigenvalue weighted by Gasteiger charge is 2.12. The maximum Gasteiger partial charge on any atom is 0.0499 e. The predicted molar refractivity (Wildman–Crippen MR) is 89.8 cm³/mol. The summed E-state index contributed by atoms with van der Waals surface area (Å²) in [4.78, 5) is 0. The van der Waals surface area contributed by atoms with Gasteiger partial charge >= 0.3 is 0 Å². The molecule has 0 spiro atoms. The van der Waals surface area contributed by atoms with Crippen LogP contribution in [0.5, 0.6) is 0 Å². The van der Waals surface area contributed by atoms with Crippen LogP contribution in [0, 0.1) is 0 Å². The third-order valence-corrected chi connectivity index (χ3v) is 4.99. The molecule has 0 saturated carbocycles. The van der Waals surface area contributed by atoms with E-state index in [0.717, 1.165) is 5.02 Å². The van der Waals surface area contributed by atoms with Gasteiger partial charge in [-0.15, -0.1) is 11.3 Å². The third-order valence-electron chi connectivity index (χ3n) is 3.56. The molecule has 1 heterocycles. The number of halogens is 1. The minimum Gasteiger partial charge on any atom is -0.135 e. The zero-order valence-corrected chi connectivity index (χ0v) is 12.2. The zero-order chi connectivity index (χ0) is 13.5. The summed E-state index contributed by atoms with van der Waals surface area (Å²) in [6.07, 6.45) is 0. The fraction of sp³-hybridized carbons (Fsp3) is 0. The number of rotatable bonds is 1. The van der Waals surface area contributed by atoms with Crippen molar-refractivity contribution in [3.8, 4) is 11.1 Å². The number of hydrogen-bond acceptors (Lipinski definition) is 1. The van der Waals surface area contributed by atoms with E-state index in [9.17, 15) is 0 Å². The van der Waals surface area contributed by atoms with Gasteiger partial charge in [-0.25, -0.2) is 0 Å². The molecule has 2 heteroatoms. The average Bonchev–Trinajstić information content (AvgIpc) is 2.88. The first-order valence-electron chi connectivity index (χ1n) is 6.50. The molecule has 0 fully saturated rings. The molecule has 4 aromatic rings. The molecule has 4 rings (SSSR count). The van der Waals surface area contributed by atoms with Crippen molar-refractivity contribution in [1.29, 1.82) is 0 Å². The Labute approximate surface area is 126 Å². The summed E-state index contributed by atoms with van der Waals surface area (Å²) in [5.74, 6) is 0. The minimum absolute atomic E-state index is 0.831. The molecule has 0 aliphatic carbocycles. The molecule has 0 nitrogen and oxygen atoms in total. The number of hydrogen-bond donors (Lipinski definition) is 0. The van der Waals surface area contributed by atoms with Gasteiger partial charge < -0.3 is 0 Å². The lowest BCUT2D eigenvalue weighted by atomic mass is 10.00. The molecular weight excluding hydrogens is 284 g/mol. The van der Waals surface area contributed by atoms with E-state index in [1.165, 1.54) is 31.3 Å². The van der Waals surface area contributed by atoms with Crippen molar-refractivity contribution in [2.45, 2.75) is 0 Å². The fourth-order valence-corrected chi connectivity index (χ4v) is 4.17. The van der Waals surface area contributed by atoms with Crippen molar-refractivity contribution in [3.63, 3.8) is 0 Å².